The third-order valence-electron chi connectivity index (χ3n) is 7.28. The van der Waals surface area contributed by atoms with E-state index in [0.29, 0.717) is 11.5 Å². The molecular weight excluding hydrogens is 308 g/mol. The van der Waals surface area contributed by atoms with Crippen molar-refractivity contribution in [3.8, 4) is 0 Å². The first-order valence-corrected chi connectivity index (χ1v) is 10.4. The summed E-state index contributed by atoms with van der Waals surface area (Å²) < 4.78 is 5.68. The zero-order chi connectivity index (χ0) is 17.0. The Labute approximate surface area is 152 Å². The minimum atomic E-state index is 0.267. The van der Waals surface area contributed by atoms with Crippen LogP contribution in [0.4, 0.5) is 0 Å². The monoisotopic (exact) mass is 342 g/mol. The van der Waals surface area contributed by atoms with Gasteiger partial charge in [-0.15, -0.1) is 0 Å². The largest absolute Gasteiger partial charge is 0.381 e. The molecular formula is C22H34N2O. The number of ether oxygens (including phenoxy) is 1. The van der Waals surface area contributed by atoms with E-state index in [1.165, 1.54) is 57.2 Å². The SMILES string of the molecule is c1ccc(C2(CNC3CCC4(CCNCC4)CC3)CCOCC2)cc1. The van der Waals surface area contributed by atoms with Gasteiger partial charge in [-0.2, -0.15) is 0 Å². The summed E-state index contributed by atoms with van der Waals surface area (Å²) in [6.07, 6.45) is 10.7. The molecule has 2 heterocycles. The Hall–Kier alpha value is -0.900. The van der Waals surface area contributed by atoms with Crippen LogP contribution in [0, 0.1) is 5.41 Å². The molecule has 2 saturated heterocycles. The Bertz CT molecular complexity index is 522. The number of hydrogen-bond donors (Lipinski definition) is 2. The summed E-state index contributed by atoms with van der Waals surface area (Å²) in [5.41, 5.74) is 2.43. The number of nitrogens with one attached hydrogen (secondary N) is 2. The minimum Gasteiger partial charge on any atom is -0.381 e. The van der Waals surface area contributed by atoms with Gasteiger partial charge in [-0.05, 0) is 75.4 Å². The van der Waals surface area contributed by atoms with Crippen molar-refractivity contribution in [3.63, 3.8) is 0 Å². The Morgan fingerprint density at radius 3 is 2.28 bits per heavy atom. The van der Waals surface area contributed by atoms with Crippen LogP contribution in [0.1, 0.15) is 56.9 Å². The molecule has 0 radical (unpaired) electrons. The summed E-state index contributed by atoms with van der Waals surface area (Å²) in [4.78, 5) is 0. The molecule has 3 aliphatic rings. The fourth-order valence-corrected chi connectivity index (χ4v) is 5.35. The van der Waals surface area contributed by atoms with Gasteiger partial charge in [0.25, 0.3) is 0 Å². The molecule has 2 aliphatic heterocycles. The van der Waals surface area contributed by atoms with Crippen LogP contribution >= 0.6 is 0 Å². The van der Waals surface area contributed by atoms with E-state index >= 15 is 0 Å². The number of hydrogen-bond acceptors (Lipinski definition) is 3. The highest BCUT2D eigenvalue weighted by molar-refractivity contribution is 5.26. The number of piperidine rings is 1. The van der Waals surface area contributed by atoms with Crippen molar-refractivity contribution in [2.75, 3.05) is 32.8 Å². The van der Waals surface area contributed by atoms with Crippen LogP contribution in [0.5, 0.6) is 0 Å². The Kier molecular flexibility index (Phi) is 5.44. The van der Waals surface area contributed by atoms with Crippen LogP contribution < -0.4 is 10.6 Å². The summed E-state index contributed by atoms with van der Waals surface area (Å²) >= 11 is 0. The Balaban J connectivity index is 1.36. The second-order valence-electron chi connectivity index (χ2n) is 8.66. The summed E-state index contributed by atoms with van der Waals surface area (Å²) in [6, 6.07) is 11.9. The van der Waals surface area contributed by atoms with Crippen molar-refractivity contribution in [3.05, 3.63) is 35.9 Å². The molecule has 1 aliphatic carbocycles. The molecule has 0 bridgehead atoms. The van der Waals surface area contributed by atoms with Crippen molar-refractivity contribution in [1.82, 2.24) is 10.6 Å². The molecule has 0 unspecified atom stereocenters. The van der Waals surface area contributed by atoms with Crippen molar-refractivity contribution < 1.29 is 4.74 Å². The van der Waals surface area contributed by atoms with Crippen molar-refractivity contribution in [2.24, 2.45) is 5.41 Å². The number of rotatable bonds is 4. The van der Waals surface area contributed by atoms with Crippen molar-refractivity contribution >= 4 is 0 Å². The van der Waals surface area contributed by atoms with E-state index in [2.05, 4.69) is 41.0 Å². The van der Waals surface area contributed by atoms with Crippen LogP contribution in [-0.2, 0) is 10.2 Å². The van der Waals surface area contributed by atoms with Crippen molar-refractivity contribution in [1.29, 1.82) is 0 Å². The first-order chi connectivity index (χ1) is 12.3. The molecule has 1 aromatic rings. The van der Waals surface area contributed by atoms with Gasteiger partial charge in [0, 0.05) is 31.2 Å². The average Bonchev–Trinajstić information content (AvgIpc) is 2.70. The summed E-state index contributed by atoms with van der Waals surface area (Å²) in [6.45, 7) is 5.37. The van der Waals surface area contributed by atoms with Gasteiger partial charge in [-0.3, -0.25) is 0 Å². The average molecular weight is 343 g/mol. The Morgan fingerprint density at radius 2 is 1.60 bits per heavy atom. The predicted octanol–water partition coefficient (Wildman–Crippen LogP) is 3.64. The zero-order valence-corrected chi connectivity index (χ0v) is 15.6. The van der Waals surface area contributed by atoms with E-state index in [-0.39, 0.29) is 5.41 Å². The molecule has 0 atom stereocenters. The molecule has 1 spiro atoms. The van der Waals surface area contributed by atoms with Gasteiger partial charge in [-0.1, -0.05) is 30.3 Å². The lowest BCUT2D eigenvalue weighted by atomic mass is 9.67. The third kappa shape index (κ3) is 3.94. The minimum absolute atomic E-state index is 0.267. The maximum atomic E-state index is 5.68. The topological polar surface area (TPSA) is 33.3 Å². The van der Waals surface area contributed by atoms with E-state index in [0.717, 1.165) is 32.6 Å². The lowest BCUT2D eigenvalue weighted by molar-refractivity contribution is 0.0463. The van der Waals surface area contributed by atoms with Gasteiger partial charge in [-0.25, -0.2) is 0 Å². The highest BCUT2D eigenvalue weighted by atomic mass is 16.5. The molecule has 0 amide bonds. The number of benzene rings is 1. The highest BCUT2D eigenvalue weighted by Crippen LogP contribution is 2.43. The van der Waals surface area contributed by atoms with Gasteiger partial charge < -0.3 is 15.4 Å². The van der Waals surface area contributed by atoms with Crippen LogP contribution in [-0.4, -0.2) is 38.9 Å². The van der Waals surface area contributed by atoms with E-state index in [9.17, 15) is 0 Å². The Morgan fingerprint density at radius 1 is 0.920 bits per heavy atom. The molecule has 1 aromatic carbocycles. The predicted molar refractivity (Wildman–Crippen MR) is 103 cm³/mol. The smallest absolute Gasteiger partial charge is 0.0475 e. The zero-order valence-electron chi connectivity index (χ0n) is 15.6. The third-order valence-corrected chi connectivity index (χ3v) is 7.28. The fraction of sp³-hybridized carbons (Fsp3) is 0.727. The van der Waals surface area contributed by atoms with Gasteiger partial charge in [0.2, 0.25) is 0 Å². The van der Waals surface area contributed by atoms with E-state index < -0.39 is 0 Å². The molecule has 3 heteroatoms. The van der Waals surface area contributed by atoms with E-state index in [4.69, 9.17) is 4.74 Å². The van der Waals surface area contributed by atoms with Crippen LogP contribution in [0.25, 0.3) is 0 Å². The summed E-state index contributed by atoms with van der Waals surface area (Å²) in [5, 5.41) is 7.51. The standard InChI is InChI=1S/C22H34N2O/c1-2-4-19(5-3-1)22(12-16-25-17-13-22)18-24-20-6-8-21(9-7-20)10-14-23-15-11-21/h1-5,20,23-24H,6-18H2. The van der Waals surface area contributed by atoms with Crippen LogP contribution in [0.15, 0.2) is 30.3 Å². The fourth-order valence-electron chi connectivity index (χ4n) is 5.35. The molecule has 3 nitrogen and oxygen atoms in total. The van der Waals surface area contributed by atoms with Crippen LogP contribution in [0.3, 0.4) is 0 Å². The summed E-state index contributed by atoms with van der Waals surface area (Å²) in [7, 11) is 0. The molecule has 138 valence electrons. The summed E-state index contributed by atoms with van der Waals surface area (Å²) in [5.74, 6) is 0. The van der Waals surface area contributed by atoms with E-state index in [1.807, 2.05) is 0 Å². The normalized spacial score (nSPS) is 26.6. The van der Waals surface area contributed by atoms with Gasteiger partial charge in [0.1, 0.15) is 0 Å². The molecule has 4 rings (SSSR count). The lowest BCUT2D eigenvalue weighted by Gasteiger charge is -2.45. The quantitative estimate of drug-likeness (QED) is 0.876. The van der Waals surface area contributed by atoms with Gasteiger partial charge in [0.05, 0.1) is 0 Å². The molecule has 3 fully saturated rings. The molecule has 0 aromatic heterocycles. The van der Waals surface area contributed by atoms with Crippen molar-refractivity contribution in [2.45, 2.75) is 62.8 Å². The highest BCUT2D eigenvalue weighted by Gasteiger charge is 2.38. The first-order valence-electron chi connectivity index (χ1n) is 10.4. The maximum absolute atomic E-state index is 5.68. The molecule has 25 heavy (non-hydrogen) atoms. The van der Waals surface area contributed by atoms with Crippen LogP contribution in [0.2, 0.25) is 0 Å². The second kappa shape index (κ2) is 7.77. The van der Waals surface area contributed by atoms with Gasteiger partial charge >= 0.3 is 0 Å². The molecule has 2 N–H and O–H groups in total. The maximum Gasteiger partial charge on any atom is 0.0475 e. The second-order valence-corrected chi connectivity index (χ2v) is 8.66. The first kappa shape index (κ1) is 17.5. The molecule has 1 saturated carbocycles. The lowest BCUT2D eigenvalue weighted by Crippen LogP contribution is -2.48. The van der Waals surface area contributed by atoms with E-state index in [1.54, 1.807) is 0 Å². The van der Waals surface area contributed by atoms with Gasteiger partial charge in [0.15, 0.2) is 0 Å².